The summed E-state index contributed by atoms with van der Waals surface area (Å²) in [5.74, 6) is 0. The standard InChI is InChI=1S/C10H13N.C9H11N.2C3H8.2C2H6/c1-11-7-6-9-4-2-3-5-10(9)8-11;1-10-6-8-4-2-3-5-9(8)7-10;2*1-3-2;2*1-2/h2-5H,6-8H2,1H3;2-5H,6-7H2,1H3;2*3H2,1-2H3;2*1-2H3. The predicted molar refractivity (Wildman–Crippen MR) is 143 cm³/mol. The largest absolute Gasteiger partial charge is 0.302 e. The van der Waals surface area contributed by atoms with Crippen molar-refractivity contribution in [2.45, 2.75) is 94.3 Å². The summed E-state index contributed by atoms with van der Waals surface area (Å²) in [4.78, 5) is 4.69. The Bertz CT molecular complexity index is 609. The van der Waals surface area contributed by atoms with Gasteiger partial charge in [0.15, 0.2) is 0 Å². The van der Waals surface area contributed by atoms with Crippen molar-refractivity contribution in [3.63, 3.8) is 0 Å². The zero-order chi connectivity index (χ0) is 24.1. The second-order valence-electron chi connectivity index (χ2n) is 7.61. The van der Waals surface area contributed by atoms with Gasteiger partial charge in [-0.3, -0.25) is 4.90 Å². The molecule has 2 aliphatic rings. The molecule has 0 aliphatic carbocycles. The summed E-state index contributed by atoms with van der Waals surface area (Å²) in [7, 11) is 4.33. The van der Waals surface area contributed by atoms with Crippen LogP contribution in [0.3, 0.4) is 0 Å². The van der Waals surface area contributed by atoms with E-state index in [1.54, 1.807) is 0 Å². The van der Waals surface area contributed by atoms with Crippen molar-refractivity contribution in [1.82, 2.24) is 9.80 Å². The normalized spacial score (nSPS) is 13.5. The average molecular weight is 429 g/mol. The van der Waals surface area contributed by atoms with Gasteiger partial charge in [-0.15, -0.1) is 0 Å². The fourth-order valence-electron chi connectivity index (χ4n) is 3.14. The molecule has 0 radical (unpaired) electrons. The minimum absolute atomic E-state index is 1.12. The van der Waals surface area contributed by atoms with E-state index < -0.39 is 0 Å². The summed E-state index contributed by atoms with van der Waals surface area (Å²) >= 11 is 0. The van der Waals surface area contributed by atoms with E-state index in [1.807, 2.05) is 27.7 Å². The summed E-state index contributed by atoms with van der Waals surface area (Å²) < 4.78 is 0. The Labute approximate surface area is 195 Å². The maximum Gasteiger partial charge on any atom is 0.0237 e. The van der Waals surface area contributed by atoms with Crippen molar-refractivity contribution in [1.29, 1.82) is 0 Å². The molecule has 178 valence electrons. The molecule has 0 atom stereocenters. The van der Waals surface area contributed by atoms with Gasteiger partial charge in [0.05, 0.1) is 0 Å². The lowest BCUT2D eigenvalue weighted by Gasteiger charge is -2.24. The van der Waals surface area contributed by atoms with Gasteiger partial charge in [0.25, 0.3) is 0 Å². The van der Waals surface area contributed by atoms with E-state index in [9.17, 15) is 0 Å². The quantitative estimate of drug-likeness (QED) is 0.417. The Morgan fingerprint density at radius 3 is 1.23 bits per heavy atom. The van der Waals surface area contributed by atoms with Crippen LogP contribution < -0.4 is 0 Å². The molecule has 31 heavy (non-hydrogen) atoms. The summed E-state index contributed by atoms with van der Waals surface area (Å²) in [6, 6.07) is 17.4. The Kier molecular flexibility index (Phi) is 22.0. The molecule has 4 rings (SSSR count). The molecule has 2 heterocycles. The van der Waals surface area contributed by atoms with Crippen LogP contribution in [0.5, 0.6) is 0 Å². The van der Waals surface area contributed by atoms with Crippen LogP contribution in [0.15, 0.2) is 48.5 Å². The first-order valence-electron chi connectivity index (χ1n) is 12.6. The van der Waals surface area contributed by atoms with Gasteiger partial charge >= 0.3 is 0 Å². The molecule has 2 aliphatic heterocycles. The molecule has 0 spiro atoms. The van der Waals surface area contributed by atoms with Gasteiger partial charge in [-0.25, -0.2) is 0 Å². The summed E-state index contributed by atoms with van der Waals surface area (Å²) in [6.07, 6.45) is 3.71. The van der Waals surface area contributed by atoms with Crippen LogP contribution in [-0.2, 0) is 26.1 Å². The lowest BCUT2D eigenvalue weighted by Crippen LogP contribution is -2.26. The Morgan fingerprint density at radius 2 is 0.839 bits per heavy atom. The highest BCUT2D eigenvalue weighted by Crippen LogP contribution is 2.19. The highest BCUT2D eigenvalue weighted by atomic mass is 15.1. The summed E-state index contributed by atoms with van der Waals surface area (Å²) in [5.41, 5.74) is 6.02. The van der Waals surface area contributed by atoms with E-state index in [4.69, 9.17) is 0 Å². The zero-order valence-electron chi connectivity index (χ0n) is 22.5. The molecule has 2 nitrogen and oxygen atoms in total. The van der Waals surface area contributed by atoms with Crippen LogP contribution >= 0.6 is 0 Å². The van der Waals surface area contributed by atoms with Gasteiger partial charge in [0.2, 0.25) is 0 Å². The predicted octanol–water partition coefficient (Wildman–Crippen LogP) is 8.19. The van der Waals surface area contributed by atoms with E-state index in [-0.39, 0.29) is 0 Å². The number of nitrogens with zero attached hydrogens (tertiary/aromatic N) is 2. The zero-order valence-corrected chi connectivity index (χ0v) is 22.5. The molecule has 0 N–H and O–H groups in total. The SMILES string of the molecule is CC.CC.CCC.CCC.CN1CCc2ccccc2C1.CN1Cc2ccccc2C1. The van der Waals surface area contributed by atoms with Crippen molar-refractivity contribution in [2.24, 2.45) is 0 Å². The van der Waals surface area contributed by atoms with E-state index in [2.05, 4.69) is 100 Å². The minimum atomic E-state index is 1.12. The fourth-order valence-corrected chi connectivity index (χ4v) is 3.14. The van der Waals surface area contributed by atoms with E-state index in [0.29, 0.717) is 0 Å². The number of rotatable bonds is 0. The average Bonchev–Trinajstić information content (AvgIpc) is 3.18. The highest BCUT2D eigenvalue weighted by molar-refractivity contribution is 5.30. The van der Waals surface area contributed by atoms with Crippen LogP contribution in [0.25, 0.3) is 0 Å². The van der Waals surface area contributed by atoms with Gasteiger partial charge < -0.3 is 4.90 Å². The van der Waals surface area contributed by atoms with Crippen LogP contribution in [0.4, 0.5) is 0 Å². The first-order valence-corrected chi connectivity index (χ1v) is 12.6. The Balaban J connectivity index is 0. The third-order valence-corrected chi connectivity index (χ3v) is 4.32. The van der Waals surface area contributed by atoms with Crippen molar-refractivity contribution < 1.29 is 0 Å². The van der Waals surface area contributed by atoms with Crippen molar-refractivity contribution >= 4 is 0 Å². The molecule has 2 heteroatoms. The van der Waals surface area contributed by atoms with Gasteiger partial charge in [0.1, 0.15) is 0 Å². The number of benzene rings is 2. The van der Waals surface area contributed by atoms with Crippen molar-refractivity contribution in [3.05, 3.63) is 70.8 Å². The van der Waals surface area contributed by atoms with Crippen LogP contribution in [0, 0.1) is 0 Å². The third kappa shape index (κ3) is 14.1. The van der Waals surface area contributed by atoms with Crippen LogP contribution in [0.2, 0.25) is 0 Å². The number of hydrogen-bond donors (Lipinski definition) is 0. The second kappa shape index (κ2) is 21.6. The Morgan fingerprint density at radius 1 is 0.548 bits per heavy atom. The molecular formula is C29H52N2. The fraction of sp³-hybridized carbons (Fsp3) is 0.586. The molecule has 0 amide bonds. The molecule has 0 saturated carbocycles. The van der Waals surface area contributed by atoms with Crippen molar-refractivity contribution in [3.8, 4) is 0 Å². The number of fused-ring (bicyclic) bond motifs is 2. The molecule has 0 bridgehead atoms. The molecule has 0 unspecified atom stereocenters. The second-order valence-corrected chi connectivity index (χ2v) is 7.61. The minimum Gasteiger partial charge on any atom is -0.302 e. The smallest absolute Gasteiger partial charge is 0.0237 e. The third-order valence-electron chi connectivity index (χ3n) is 4.32. The summed E-state index contributed by atoms with van der Waals surface area (Å²) in [6.45, 7) is 21.1. The van der Waals surface area contributed by atoms with Crippen molar-refractivity contribution in [2.75, 3.05) is 20.6 Å². The van der Waals surface area contributed by atoms with E-state index in [1.165, 1.54) is 48.1 Å². The molecule has 0 fully saturated rings. The van der Waals surface area contributed by atoms with Crippen LogP contribution in [0.1, 0.15) is 90.5 Å². The monoisotopic (exact) mass is 428 g/mol. The van der Waals surface area contributed by atoms with Gasteiger partial charge in [-0.2, -0.15) is 0 Å². The first-order chi connectivity index (χ1) is 15.0. The van der Waals surface area contributed by atoms with E-state index in [0.717, 1.165) is 19.6 Å². The van der Waals surface area contributed by atoms with Crippen LogP contribution in [-0.4, -0.2) is 30.4 Å². The molecule has 2 aromatic rings. The van der Waals surface area contributed by atoms with E-state index >= 15 is 0 Å². The van der Waals surface area contributed by atoms with Gasteiger partial charge in [-0.05, 0) is 42.8 Å². The maximum atomic E-state index is 2.36. The first kappa shape index (κ1) is 31.5. The molecule has 0 saturated heterocycles. The highest BCUT2D eigenvalue weighted by Gasteiger charge is 2.13. The number of likely N-dealkylation sites (N-methyl/N-ethyl adjacent to an activating group) is 1. The van der Waals surface area contributed by atoms with Gasteiger partial charge in [0, 0.05) is 26.2 Å². The van der Waals surface area contributed by atoms with Gasteiger partial charge in [-0.1, -0.05) is 117 Å². The molecule has 2 aromatic carbocycles. The molecular weight excluding hydrogens is 376 g/mol. The number of hydrogen-bond acceptors (Lipinski definition) is 2. The molecule has 0 aromatic heterocycles. The topological polar surface area (TPSA) is 6.48 Å². The summed E-state index contributed by atoms with van der Waals surface area (Å²) in [5, 5.41) is 0. The maximum absolute atomic E-state index is 2.36. The lowest BCUT2D eigenvalue weighted by molar-refractivity contribution is 0.313. The lowest BCUT2D eigenvalue weighted by atomic mass is 10.0. The Hall–Kier alpha value is -1.64.